The summed E-state index contributed by atoms with van der Waals surface area (Å²) in [6.45, 7) is 4.11. The molecule has 0 radical (unpaired) electrons. The van der Waals surface area contributed by atoms with Crippen LogP contribution in [0.3, 0.4) is 0 Å². The zero-order chi connectivity index (χ0) is 15.4. The highest BCUT2D eigenvalue weighted by Gasteiger charge is 2.17. The third-order valence-electron chi connectivity index (χ3n) is 3.49. The van der Waals surface area contributed by atoms with Crippen LogP contribution in [0.4, 0.5) is 0 Å². The van der Waals surface area contributed by atoms with Gasteiger partial charge in [-0.15, -0.1) is 11.3 Å². The lowest BCUT2D eigenvalue weighted by Crippen LogP contribution is -2.18. The standard InChI is InChI=1S/C16H22N2O2S/c1-10-16(21-11(2)18-10)13(17-3)8-12-6-7-14(19-4)15(9-12)20-5/h6-7,9,13,17H,8H2,1-5H3. The van der Waals surface area contributed by atoms with Crippen molar-refractivity contribution < 1.29 is 9.47 Å². The maximum absolute atomic E-state index is 5.37. The summed E-state index contributed by atoms with van der Waals surface area (Å²) in [7, 11) is 5.30. The summed E-state index contributed by atoms with van der Waals surface area (Å²) in [5, 5.41) is 4.49. The number of benzene rings is 1. The van der Waals surface area contributed by atoms with Gasteiger partial charge in [-0.2, -0.15) is 0 Å². The van der Waals surface area contributed by atoms with Crippen LogP contribution in [0.15, 0.2) is 18.2 Å². The molecule has 0 aliphatic heterocycles. The van der Waals surface area contributed by atoms with Crippen LogP contribution >= 0.6 is 11.3 Å². The maximum atomic E-state index is 5.37. The summed E-state index contributed by atoms with van der Waals surface area (Å²) in [5.41, 5.74) is 2.31. The number of nitrogens with zero attached hydrogens (tertiary/aromatic N) is 1. The largest absolute Gasteiger partial charge is 0.493 e. The Morgan fingerprint density at radius 1 is 1.19 bits per heavy atom. The smallest absolute Gasteiger partial charge is 0.160 e. The molecule has 21 heavy (non-hydrogen) atoms. The van der Waals surface area contributed by atoms with E-state index in [1.165, 1.54) is 10.4 Å². The van der Waals surface area contributed by atoms with Crippen LogP contribution < -0.4 is 14.8 Å². The summed E-state index contributed by atoms with van der Waals surface area (Å²) in [6.07, 6.45) is 0.888. The second kappa shape index (κ2) is 6.91. The van der Waals surface area contributed by atoms with Crippen LogP contribution in [0.2, 0.25) is 0 Å². The highest BCUT2D eigenvalue weighted by molar-refractivity contribution is 7.11. The average molecular weight is 306 g/mol. The second-order valence-electron chi connectivity index (χ2n) is 4.92. The van der Waals surface area contributed by atoms with E-state index in [0.29, 0.717) is 0 Å². The molecule has 2 aromatic rings. The Hall–Kier alpha value is -1.59. The fourth-order valence-electron chi connectivity index (χ4n) is 2.44. The van der Waals surface area contributed by atoms with Crippen LogP contribution in [0.1, 0.15) is 27.2 Å². The molecule has 0 amide bonds. The van der Waals surface area contributed by atoms with Crippen LogP contribution in [0.5, 0.6) is 11.5 Å². The predicted octanol–water partition coefficient (Wildman–Crippen LogP) is 3.28. The van der Waals surface area contributed by atoms with Gasteiger partial charge in [0.1, 0.15) is 0 Å². The molecule has 0 saturated heterocycles. The van der Waals surface area contributed by atoms with E-state index in [1.54, 1.807) is 25.6 Å². The monoisotopic (exact) mass is 306 g/mol. The molecule has 0 saturated carbocycles. The lowest BCUT2D eigenvalue weighted by molar-refractivity contribution is 0.354. The Kier molecular flexibility index (Phi) is 5.20. The molecule has 0 aliphatic carbocycles. The van der Waals surface area contributed by atoms with Gasteiger partial charge in [-0.3, -0.25) is 0 Å². The molecule has 5 heteroatoms. The molecule has 0 bridgehead atoms. The third-order valence-corrected chi connectivity index (χ3v) is 4.68. The van der Waals surface area contributed by atoms with Crippen molar-refractivity contribution >= 4 is 11.3 Å². The maximum Gasteiger partial charge on any atom is 0.160 e. The van der Waals surface area contributed by atoms with Gasteiger partial charge in [0.15, 0.2) is 11.5 Å². The van der Waals surface area contributed by atoms with Crippen molar-refractivity contribution in [1.82, 2.24) is 10.3 Å². The van der Waals surface area contributed by atoms with Crippen LogP contribution in [0.25, 0.3) is 0 Å². The van der Waals surface area contributed by atoms with E-state index in [-0.39, 0.29) is 6.04 Å². The summed E-state index contributed by atoms with van der Waals surface area (Å²) < 4.78 is 10.7. The summed E-state index contributed by atoms with van der Waals surface area (Å²) in [6, 6.07) is 6.32. The molecule has 0 aliphatic rings. The summed E-state index contributed by atoms with van der Waals surface area (Å²) in [5.74, 6) is 1.52. The van der Waals surface area contributed by atoms with E-state index in [4.69, 9.17) is 9.47 Å². The fourth-order valence-corrected chi connectivity index (χ4v) is 3.48. The van der Waals surface area contributed by atoms with Crippen molar-refractivity contribution in [2.45, 2.75) is 26.3 Å². The first-order chi connectivity index (χ1) is 10.1. The summed E-state index contributed by atoms with van der Waals surface area (Å²) in [4.78, 5) is 5.81. The third kappa shape index (κ3) is 3.54. The van der Waals surface area contributed by atoms with Gasteiger partial charge in [-0.05, 0) is 45.0 Å². The molecule has 2 rings (SSSR count). The van der Waals surface area contributed by atoms with E-state index >= 15 is 0 Å². The zero-order valence-corrected chi connectivity index (χ0v) is 14.0. The molecular weight excluding hydrogens is 284 g/mol. The number of ether oxygens (including phenoxy) is 2. The first-order valence-corrected chi connectivity index (χ1v) is 7.72. The molecule has 1 atom stereocenters. The number of nitrogens with one attached hydrogen (secondary N) is 1. The molecule has 0 spiro atoms. The van der Waals surface area contributed by atoms with Crippen LogP contribution in [0, 0.1) is 13.8 Å². The number of likely N-dealkylation sites (N-methyl/N-ethyl adjacent to an activating group) is 1. The Bertz CT molecular complexity index is 610. The topological polar surface area (TPSA) is 43.4 Å². The minimum Gasteiger partial charge on any atom is -0.493 e. The van der Waals surface area contributed by atoms with Gasteiger partial charge in [0, 0.05) is 10.9 Å². The van der Waals surface area contributed by atoms with E-state index in [1.807, 2.05) is 26.1 Å². The fraction of sp³-hybridized carbons (Fsp3) is 0.438. The minimum atomic E-state index is 0.259. The first kappa shape index (κ1) is 15.8. The van der Waals surface area contributed by atoms with Crippen molar-refractivity contribution in [2.24, 2.45) is 0 Å². The van der Waals surface area contributed by atoms with Gasteiger partial charge in [-0.25, -0.2) is 4.98 Å². The van der Waals surface area contributed by atoms with Crippen molar-refractivity contribution in [3.8, 4) is 11.5 Å². The molecule has 0 fully saturated rings. The van der Waals surface area contributed by atoms with Crippen LogP contribution in [-0.2, 0) is 6.42 Å². The van der Waals surface area contributed by atoms with E-state index in [2.05, 4.69) is 23.3 Å². The Labute approximate surface area is 130 Å². The normalized spacial score (nSPS) is 12.2. The SMILES string of the molecule is CNC(Cc1ccc(OC)c(OC)c1)c1sc(C)nc1C. The number of aryl methyl sites for hydroxylation is 2. The molecule has 1 aromatic carbocycles. The number of rotatable bonds is 6. The lowest BCUT2D eigenvalue weighted by atomic mass is 10.0. The van der Waals surface area contributed by atoms with Crippen molar-refractivity contribution in [3.63, 3.8) is 0 Å². The van der Waals surface area contributed by atoms with Gasteiger partial charge in [0.05, 0.1) is 24.9 Å². The van der Waals surface area contributed by atoms with Crippen molar-refractivity contribution in [2.75, 3.05) is 21.3 Å². The Morgan fingerprint density at radius 2 is 1.90 bits per heavy atom. The molecule has 4 nitrogen and oxygen atoms in total. The van der Waals surface area contributed by atoms with E-state index < -0.39 is 0 Å². The van der Waals surface area contributed by atoms with Gasteiger partial charge in [-0.1, -0.05) is 6.07 Å². The zero-order valence-electron chi connectivity index (χ0n) is 13.2. The minimum absolute atomic E-state index is 0.259. The number of thiazole rings is 1. The average Bonchev–Trinajstić information content (AvgIpc) is 2.83. The quantitative estimate of drug-likeness (QED) is 0.889. The molecule has 1 unspecified atom stereocenters. The number of aromatic nitrogens is 1. The van der Waals surface area contributed by atoms with Crippen molar-refractivity contribution in [3.05, 3.63) is 39.3 Å². The number of hydrogen-bond donors (Lipinski definition) is 1. The predicted molar refractivity (Wildman–Crippen MR) is 86.6 cm³/mol. The molecular formula is C16H22N2O2S. The van der Waals surface area contributed by atoms with Crippen LogP contribution in [-0.4, -0.2) is 26.3 Å². The molecule has 1 heterocycles. The van der Waals surface area contributed by atoms with E-state index in [9.17, 15) is 0 Å². The first-order valence-electron chi connectivity index (χ1n) is 6.91. The molecule has 1 N–H and O–H groups in total. The Balaban J connectivity index is 2.24. The summed E-state index contributed by atoms with van der Waals surface area (Å²) >= 11 is 1.75. The molecule has 114 valence electrons. The Morgan fingerprint density at radius 3 is 2.43 bits per heavy atom. The lowest BCUT2D eigenvalue weighted by Gasteiger charge is -2.16. The van der Waals surface area contributed by atoms with Gasteiger partial charge >= 0.3 is 0 Å². The highest BCUT2D eigenvalue weighted by Crippen LogP contribution is 2.31. The highest BCUT2D eigenvalue weighted by atomic mass is 32.1. The van der Waals surface area contributed by atoms with E-state index in [0.717, 1.165) is 28.6 Å². The van der Waals surface area contributed by atoms with Gasteiger partial charge < -0.3 is 14.8 Å². The van der Waals surface area contributed by atoms with Gasteiger partial charge in [0.25, 0.3) is 0 Å². The molecule has 1 aromatic heterocycles. The van der Waals surface area contributed by atoms with Gasteiger partial charge in [0.2, 0.25) is 0 Å². The van der Waals surface area contributed by atoms with Crippen molar-refractivity contribution in [1.29, 1.82) is 0 Å². The second-order valence-corrected chi connectivity index (χ2v) is 6.15. The number of hydrogen-bond acceptors (Lipinski definition) is 5. The number of methoxy groups -OCH3 is 2.